The summed E-state index contributed by atoms with van der Waals surface area (Å²) in [4.78, 5) is 74.2. The van der Waals surface area contributed by atoms with Gasteiger partial charge in [-0.15, -0.1) is 0 Å². The molecule has 4 N–H and O–H groups in total. The highest BCUT2D eigenvalue weighted by molar-refractivity contribution is 6.24. The van der Waals surface area contributed by atoms with Gasteiger partial charge >= 0.3 is 5.91 Å². The van der Waals surface area contributed by atoms with E-state index >= 15 is 0 Å². The van der Waals surface area contributed by atoms with E-state index in [-0.39, 0.29) is 41.7 Å². The number of nitrogens with zero attached hydrogens (tertiary/aromatic N) is 4. The maximum absolute atomic E-state index is 14.6. The number of anilines is 1. The van der Waals surface area contributed by atoms with Crippen LogP contribution < -0.4 is 21.1 Å². The number of carbonyl (C=O) groups is 5. The lowest BCUT2D eigenvalue weighted by atomic mass is 10.0. The number of fused-ring (bicyclic) bond motifs is 1. The summed E-state index contributed by atoms with van der Waals surface area (Å²) >= 11 is 0. The highest BCUT2D eigenvalue weighted by atomic mass is 19.1. The Morgan fingerprint density at radius 1 is 1.12 bits per heavy atom. The highest BCUT2D eigenvalue weighted by Gasteiger charge is 2.45. The van der Waals surface area contributed by atoms with Crippen molar-refractivity contribution in [3.8, 4) is 5.75 Å². The molecule has 2 aromatic carbocycles. The number of benzene rings is 2. The molecule has 0 bridgehead atoms. The maximum Gasteiger partial charge on any atom is 0.307 e. The minimum Gasteiger partial charge on any atom is -0.505 e. The lowest BCUT2D eigenvalue weighted by Crippen LogP contribution is -2.54. The summed E-state index contributed by atoms with van der Waals surface area (Å²) in [7, 11) is 0. The molecule has 2 atom stereocenters. The predicted molar refractivity (Wildman–Crippen MR) is 180 cm³/mol. The Balaban J connectivity index is 0.000000210. The van der Waals surface area contributed by atoms with Crippen molar-refractivity contribution in [2.45, 2.75) is 64.8 Å². The van der Waals surface area contributed by atoms with E-state index in [0.29, 0.717) is 34.6 Å². The number of rotatable bonds is 11. The molecule has 266 valence electrons. The highest BCUT2D eigenvalue weighted by Crippen LogP contribution is 2.33. The summed E-state index contributed by atoms with van der Waals surface area (Å²) in [6.07, 6.45) is 5.29. The van der Waals surface area contributed by atoms with Crippen molar-refractivity contribution in [2.75, 3.05) is 37.7 Å². The second-order valence-electron chi connectivity index (χ2n) is 13.0. The Labute approximate surface area is 289 Å². The van der Waals surface area contributed by atoms with Crippen LogP contribution in [0.15, 0.2) is 42.6 Å². The van der Waals surface area contributed by atoms with Crippen molar-refractivity contribution in [3.63, 3.8) is 0 Å². The first-order valence-electron chi connectivity index (χ1n) is 16.9. The van der Waals surface area contributed by atoms with Crippen molar-refractivity contribution < 1.29 is 38.4 Å². The van der Waals surface area contributed by atoms with Gasteiger partial charge in [0, 0.05) is 31.8 Å². The molecule has 15 heteroatoms. The van der Waals surface area contributed by atoms with Crippen molar-refractivity contribution >= 4 is 35.2 Å². The van der Waals surface area contributed by atoms with Crippen LogP contribution in [0.5, 0.6) is 5.75 Å². The van der Waals surface area contributed by atoms with Gasteiger partial charge in [0.15, 0.2) is 18.0 Å². The molecule has 4 aliphatic heterocycles. The third-order valence-corrected chi connectivity index (χ3v) is 9.30. The van der Waals surface area contributed by atoms with Gasteiger partial charge in [-0.1, -0.05) is 42.5 Å². The number of piperidine rings is 1. The molecule has 0 aliphatic carbocycles. The van der Waals surface area contributed by atoms with Gasteiger partial charge in [-0.3, -0.25) is 34.2 Å². The number of allylic oxidation sites excluding steroid dienone is 1. The Morgan fingerprint density at radius 3 is 2.56 bits per heavy atom. The number of amides is 5. The monoisotopic (exact) mass is 692 g/mol. The summed E-state index contributed by atoms with van der Waals surface area (Å²) in [5, 5.41) is 16.6. The van der Waals surface area contributed by atoms with Gasteiger partial charge in [0.2, 0.25) is 11.8 Å². The van der Waals surface area contributed by atoms with Crippen LogP contribution in [0.25, 0.3) is 0 Å². The van der Waals surface area contributed by atoms with Gasteiger partial charge in [0.25, 0.3) is 16.8 Å². The normalized spacial score (nSPS) is 20.5. The smallest absolute Gasteiger partial charge is 0.307 e. The Bertz CT molecular complexity index is 1710. The average Bonchev–Trinajstić information content (AvgIpc) is 3.72. The van der Waals surface area contributed by atoms with Crippen molar-refractivity contribution in [2.24, 2.45) is 5.92 Å². The Morgan fingerprint density at radius 2 is 1.90 bits per heavy atom. The topological polar surface area (TPSA) is 171 Å². The van der Waals surface area contributed by atoms with E-state index in [2.05, 4.69) is 29.0 Å². The summed E-state index contributed by atoms with van der Waals surface area (Å²) < 4.78 is 14.6. The molecule has 14 nitrogen and oxygen atoms in total. The fraction of sp³-hybridized carbons (Fsp3) is 0.457. The van der Waals surface area contributed by atoms with Crippen LogP contribution in [0, 0.1) is 23.6 Å². The van der Waals surface area contributed by atoms with Crippen LogP contribution in [-0.4, -0.2) is 88.2 Å². The fourth-order valence-corrected chi connectivity index (χ4v) is 6.73. The summed E-state index contributed by atoms with van der Waals surface area (Å²) in [6, 6.07) is 6.90. The van der Waals surface area contributed by atoms with E-state index in [1.165, 1.54) is 12.1 Å². The third-order valence-electron chi connectivity index (χ3n) is 9.30. The standard InChI is InChI=1S/C21H30FN5O3.C14H12N2O4/c1-3-4-7-23-15(2)10-17-6-9-25(13-17)8-5-16-11-18(22)21(19(28)12-16)26-14-20(29)24-27(26)30;1-7-3-2-4-8-11(7)14(20)16(13(8)19)9-5-6-10(17)15-12(9)18/h11-12,17,23H,2-10,13-14H2,1H3,(H-,24,28,29,30);2-4,9H,5-6H2,1H3,(H,15,17,18)/p+1. The number of hydrogen-bond donors (Lipinski definition) is 4. The number of likely N-dealkylation sites (tertiary alicyclic amines) is 1. The molecule has 5 amide bonds. The fourth-order valence-electron chi connectivity index (χ4n) is 6.73. The number of phenols is 1. The number of halogens is 1. The second-order valence-corrected chi connectivity index (χ2v) is 13.0. The zero-order valence-electron chi connectivity index (χ0n) is 28.3. The lowest BCUT2D eigenvalue weighted by molar-refractivity contribution is -0.591. The van der Waals surface area contributed by atoms with E-state index in [1.807, 2.05) is 5.43 Å². The van der Waals surface area contributed by atoms with Gasteiger partial charge in [0.1, 0.15) is 11.8 Å². The van der Waals surface area contributed by atoms with Crippen molar-refractivity contribution in [1.29, 1.82) is 0 Å². The summed E-state index contributed by atoms with van der Waals surface area (Å²) in [5.74, 6) is -2.96. The molecular formula is C35H43FN7O7+. The first-order chi connectivity index (χ1) is 23.9. The molecule has 6 rings (SSSR count). The SMILES string of the molecule is C=C(CC1CCN(CCc2cc(O)c(N3CC(=O)N[N+]3=O)c(F)c2)C1)NCCCC.Cc1cccc2c1C(=O)N(C1CCC(=O)NC1=O)C2=O. The zero-order valence-corrected chi connectivity index (χ0v) is 28.3. The molecule has 2 aromatic rings. The average molecular weight is 693 g/mol. The van der Waals surface area contributed by atoms with Crippen molar-refractivity contribution in [3.05, 3.63) is 75.6 Å². The maximum atomic E-state index is 14.6. The number of aryl methyl sites for hydroxylation is 1. The molecule has 0 spiro atoms. The van der Waals surface area contributed by atoms with Crippen LogP contribution >= 0.6 is 0 Å². The molecule has 4 aliphatic rings. The number of imide groups is 2. The van der Waals surface area contributed by atoms with E-state index in [9.17, 15) is 38.4 Å². The van der Waals surface area contributed by atoms with Crippen LogP contribution in [0.3, 0.4) is 0 Å². The Hall–Kier alpha value is -5.18. The first kappa shape index (κ1) is 36.1. The number of unbranched alkanes of at least 4 members (excludes halogenated alkanes) is 1. The first-order valence-corrected chi connectivity index (χ1v) is 16.9. The predicted octanol–water partition coefficient (Wildman–Crippen LogP) is 2.63. The molecule has 3 saturated heterocycles. The zero-order chi connectivity index (χ0) is 36.1. The van der Waals surface area contributed by atoms with Crippen LogP contribution in [0.2, 0.25) is 0 Å². The number of hydrazine groups is 2. The van der Waals surface area contributed by atoms with Crippen LogP contribution in [0.4, 0.5) is 10.1 Å². The van der Waals surface area contributed by atoms with Gasteiger partial charge < -0.3 is 15.3 Å². The minimum atomic E-state index is -0.903. The molecule has 3 fully saturated rings. The molecule has 4 heterocycles. The number of phenolic OH excluding ortho intramolecular Hbond substituents is 1. The van der Waals surface area contributed by atoms with E-state index in [0.717, 1.165) is 67.5 Å². The van der Waals surface area contributed by atoms with Gasteiger partial charge in [0.05, 0.1) is 16.0 Å². The van der Waals surface area contributed by atoms with Gasteiger partial charge in [-0.05, 0) is 80.8 Å². The molecule has 0 radical (unpaired) electrons. The largest absolute Gasteiger partial charge is 0.505 e. The molecule has 0 aromatic heterocycles. The van der Waals surface area contributed by atoms with E-state index in [1.54, 1.807) is 25.1 Å². The number of hydrogen-bond acceptors (Lipinski definition) is 9. The number of nitrogens with one attached hydrogen (secondary N) is 3. The number of nitroso groups, excluding NO2 is 1. The second kappa shape index (κ2) is 15.6. The summed E-state index contributed by atoms with van der Waals surface area (Å²) in [5.41, 5.74) is 4.83. The van der Waals surface area contributed by atoms with Gasteiger partial charge in [-0.2, -0.15) is 0 Å². The minimum absolute atomic E-state index is 0.128. The van der Waals surface area contributed by atoms with Gasteiger partial charge in [-0.25, -0.2) is 4.39 Å². The van der Waals surface area contributed by atoms with E-state index < -0.39 is 35.5 Å². The Kier molecular flexibility index (Phi) is 11.2. The third kappa shape index (κ3) is 7.99. The molecular weight excluding hydrogens is 649 g/mol. The number of carbonyl (C=O) groups excluding carboxylic acids is 5. The number of aromatic hydroxyl groups is 1. The molecule has 2 unspecified atom stereocenters. The van der Waals surface area contributed by atoms with E-state index in [4.69, 9.17) is 0 Å². The molecule has 50 heavy (non-hydrogen) atoms. The van der Waals surface area contributed by atoms with Crippen molar-refractivity contribution in [1.82, 2.24) is 25.9 Å². The van der Waals surface area contributed by atoms with Crippen LogP contribution in [-0.2, 0) is 20.8 Å². The quantitative estimate of drug-likeness (QED) is 0.156. The summed E-state index contributed by atoms with van der Waals surface area (Å²) in [6.45, 7) is 11.4. The molecule has 0 saturated carbocycles. The lowest BCUT2D eigenvalue weighted by Gasteiger charge is -2.27. The van der Waals surface area contributed by atoms with Crippen LogP contribution in [0.1, 0.15) is 77.3 Å².